The Labute approximate surface area is 241 Å². The molecule has 9 nitrogen and oxygen atoms in total. The van der Waals surface area contributed by atoms with Crippen molar-refractivity contribution in [3.63, 3.8) is 0 Å². The fourth-order valence-electron chi connectivity index (χ4n) is 4.60. The monoisotopic (exact) mass is 563 g/mol. The highest BCUT2D eigenvalue weighted by atomic mass is 16.5. The van der Waals surface area contributed by atoms with Crippen molar-refractivity contribution in [2.45, 2.75) is 73.3 Å². The van der Waals surface area contributed by atoms with E-state index in [1.165, 1.54) is 0 Å². The van der Waals surface area contributed by atoms with Crippen LogP contribution in [0.1, 0.15) is 66.4 Å². The first-order valence-corrected chi connectivity index (χ1v) is 14.3. The van der Waals surface area contributed by atoms with Gasteiger partial charge in [-0.1, -0.05) is 33.8 Å². The maximum Gasteiger partial charge on any atom is 0.224 e. The van der Waals surface area contributed by atoms with Gasteiger partial charge in [0.2, 0.25) is 11.8 Å². The molecule has 0 aromatic heterocycles. The van der Waals surface area contributed by atoms with Gasteiger partial charge < -0.3 is 35.8 Å². The number of carbonyl (C=O) groups excluding carboxylic acids is 3. The molecule has 0 bridgehead atoms. The summed E-state index contributed by atoms with van der Waals surface area (Å²) in [5, 5.41) is 2.86. The Bertz CT molecular complexity index is 934. The van der Waals surface area contributed by atoms with Crippen LogP contribution in [0.3, 0.4) is 0 Å². The molecular formula is C31H53N3O6. The number of aldehydes is 1. The van der Waals surface area contributed by atoms with Crippen molar-refractivity contribution in [3.05, 3.63) is 23.8 Å². The molecule has 0 spiro atoms. The number of nitrogens with one attached hydrogen (secondary N) is 1. The summed E-state index contributed by atoms with van der Waals surface area (Å²) in [6.45, 7) is 12.9. The summed E-state index contributed by atoms with van der Waals surface area (Å²) in [6, 6.07) is 5.56. The van der Waals surface area contributed by atoms with Crippen LogP contribution in [-0.2, 0) is 25.5 Å². The maximum absolute atomic E-state index is 13.0. The van der Waals surface area contributed by atoms with Gasteiger partial charge >= 0.3 is 0 Å². The first-order valence-electron chi connectivity index (χ1n) is 14.3. The lowest BCUT2D eigenvalue weighted by molar-refractivity contribution is -0.129. The van der Waals surface area contributed by atoms with Crippen molar-refractivity contribution >= 4 is 18.1 Å². The molecule has 0 unspecified atom stereocenters. The standard InChI is InChI=1S/C31H53N3O6/c1-20(2)23(14-22-10-11-27(39-8)28(15-22)40-13-9-12-38-7)17-26(32)24(18-35)16-25(21(3)4)29(36)34-19-31(5,6)30(33)37/h10-11,15,18,20-21,23-26H,9,12-14,16-17,19,32H2,1-8H3,(H2,33,37)(H,34,36)/t23-,24+,25-,26-/m0/s1. The van der Waals surface area contributed by atoms with E-state index in [-0.39, 0.29) is 24.3 Å². The molecule has 1 aromatic carbocycles. The predicted molar refractivity (Wildman–Crippen MR) is 158 cm³/mol. The van der Waals surface area contributed by atoms with Gasteiger partial charge in [0, 0.05) is 44.6 Å². The second kappa shape index (κ2) is 17.2. The summed E-state index contributed by atoms with van der Waals surface area (Å²) in [6.07, 6.45) is 3.41. The van der Waals surface area contributed by atoms with E-state index in [9.17, 15) is 14.4 Å². The fourth-order valence-corrected chi connectivity index (χ4v) is 4.60. The first kappa shape index (κ1) is 35.4. The Morgan fingerprint density at radius 3 is 2.23 bits per heavy atom. The quantitative estimate of drug-likeness (QED) is 0.162. The van der Waals surface area contributed by atoms with Gasteiger partial charge in [0.05, 0.1) is 19.1 Å². The van der Waals surface area contributed by atoms with E-state index in [1.807, 2.05) is 32.0 Å². The zero-order valence-corrected chi connectivity index (χ0v) is 25.8. The van der Waals surface area contributed by atoms with E-state index >= 15 is 0 Å². The highest BCUT2D eigenvalue weighted by molar-refractivity contribution is 5.83. The van der Waals surface area contributed by atoms with Gasteiger partial charge in [0.25, 0.3) is 0 Å². The minimum absolute atomic E-state index is 0.00570. The zero-order chi connectivity index (χ0) is 30.5. The first-order chi connectivity index (χ1) is 18.8. The lowest BCUT2D eigenvalue weighted by Crippen LogP contribution is -2.46. The topological polar surface area (TPSA) is 143 Å². The van der Waals surface area contributed by atoms with E-state index in [2.05, 4.69) is 19.2 Å². The molecule has 0 fully saturated rings. The number of hydrogen-bond donors (Lipinski definition) is 3. The van der Waals surface area contributed by atoms with Gasteiger partial charge in [0.1, 0.15) is 6.29 Å². The Hall–Kier alpha value is -2.65. The summed E-state index contributed by atoms with van der Waals surface area (Å²) in [7, 11) is 3.29. The largest absolute Gasteiger partial charge is 0.493 e. The van der Waals surface area contributed by atoms with Crippen molar-refractivity contribution in [1.29, 1.82) is 0 Å². The van der Waals surface area contributed by atoms with Crippen LogP contribution in [0.2, 0.25) is 0 Å². The number of carbonyl (C=O) groups is 3. The van der Waals surface area contributed by atoms with E-state index < -0.39 is 29.2 Å². The van der Waals surface area contributed by atoms with Crippen LogP contribution in [0.25, 0.3) is 0 Å². The number of benzene rings is 1. The Kier molecular flexibility index (Phi) is 15.2. The number of amides is 2. The molecule has 0 saturated carbocycles. The second-order valence-electron chi connectivity index (χ2n) is 12.1. The van der Waals surface area contributed by atoms with Gasteiger partial charge in [-0.05, 0) is 68.6 Å². The van der Waals surface area contributed by atoms with Crippen LogP contribution < -0.4 is 26.3 Å². The second-order valence-corrected chi connectivity index (χ2v) is 12.1. The molecule has 9 heteroatoms. The van der Waals surface area contributed by atoms with Crippen molar-refractivity contribution in [2.24, 2.45) is 46.5 Å². The number of methoxy groups -OCH3 is 2. The molecule has 0 saturated heterocycles. The average molecular weight is 564 g/mol. The van der Waals surface area contributed by atoms with Crippen molar-refractivity contribution in [2.75, 3.05) is 34.0 Å². The van der Waals surface area contributed by atoms with E-state index in [0.29, 0.717) is 43.5 Å². The molecule has 4 atom stereocenters. The number of hydrogen-bond acceptors (Lipinski definition) is 7. The van der Waals surface area contributed by atoms with Crippen molar-refractivity contribution in [1.82, 2.24) is 5.32 Å². The molecule has 228 valence electrons. The molecule has 1 aromatic rings. The number of ether oxygens (including phenoxy) is 3. The van der Waals surface area contributed by atoms with Crippen LogP contribution in [0.5, 0.6) is 11.5 Å². The van der Waals surface area contributed by atoms with E-state index in [0.717, 1.165) is 24.7 Å². The van der Waals surface area contributed by atoms with Crippen LogP contribution in [-0.4, -0.2) is 58.1 Å². The molecule has 5 N–H and O–H groups in total. The normalized spacial score (nSPS) is 14.9. The SMILES string of the molecule is COCCCOc1cc(C[C@@H](C[C@H](N)[C@@H](C=O)C[C@H](C(=O)NCC(C)(C)C(N)=O)C(C)C)C(C)C)ccc1OC. The van der Waals surface area contributed by atoms with Gasteiger partial charge in [-0.3, -0.25) is 9.59 Å². The Balaban J connectivity index is 2.95. The molecule has 0 aliphatic carbocycles. The molecule has 40 heavy (non-hydrogen) atoms. The van der Waals surface area contributed by atoms with E-state index in [1.54, 1.807) is 28.1 Å². The molecule has 2 amide bonds. The van der Waals surface area contributed by atoms with Crippen molar-refractivity contribution < 1.29 is 28.6 Å². The number of nitrogens with two attached hydrogens (primary N) is 2. The number of primary amides is 1. The zero-order valence-electron chi connectivity index (χ0n) is 25.8. The van der Waals surface area contributed by atoms with Gasteiger partial charge in [-0.2, -0.15) is 0 Å². The Morgan fingerprint density at radius 2 is 1.70 bits per heavy atom. The summed E-state index contributed by atoms with van der Waals surface area (Å²) in [4.78, 5) is 36.9. The van der Waals surface area contributed by atoms with Gasteiger partial charge in [0.15, 0.2) is 11.5 Å². The minimum Gasteiger partial charge on any atom is -0.493 e. The smallest absolute Gasteiger partial charge is 0.224 e. The third-order valence-corrected chi connectivity index (χ3v) is 7.76. The van der Waals surface area contributed by atoms with Crippen LogP contribution >= 0.6 is 0 Å². The third-order valence-electron chi connectivity index (χ3n) is 7.76. The molecule has 1 rings (SSSR count). The van der Waals surface area contributed by atoms with E-state index in [4.69, 9.17) is 25.7 Å². The van der Waals surface area contributed by atoms with Crippen LogP contribution in [0.4, 0.5) is 0 Å². The third kappa shape index (κ3) is 11.5. The average Bonchev–Trinajstić information content (AvgIpc) is 2.89. The summed E-state index contributed by atoms with van der Waals surface area (Å²) in [5.74, 6) is 0.343. The van der Waals surface area contributed by atoms with Crippen LogP contribution in [0.15, 0.2) is 18.2 Å². The highest BCUT2D eigenvalue weighted by Crippen LogP contribution is 2.32. The van der Waals surface area contributed by atoms with Gasteiger partial charge in [-0.15, -0.1) is 0 Å². The Morgan fingerprint density at radius 1 is 1.02 bits per heavy atom. The summed E-state index contributed by atoms with van der Waals surface area (Å²) < 4.78 is 16.5. The lowest BCUT2D eigenvalue weighted by Gasteiger charge is -2.30. The van der Waals surface area contributed by atoms with Gasteiger partial charge in [-0.25, -0.2) is 0 Å². The fraction of sp³-hybridized carbons (Fsp3) is 0.710. The van der Waals surface area contributed by atoms with Crippen molar-refractivity contribution in [3.8, 4) is 11.5 Å². The molecule has 0 radical (unpaired) electrons. The molecule has 0 aliphatic rings. The van der Waals surface area contributed by atoms with Crippen LogP contribution in [0, 0.1) is 35.0 Å². The summed E-state index contributed by atoms with van der Waals surface area (Å²) in [5.41, 5.74) is 12.3. The summed E-state index contributed by atoms with van der Waals surface area (Å²) >= 11 is 0. The molecule has 0 aliphatic heterocycles. The highest BCUT2D eigenvalue weighted by Gasteiger charge is 2.32. The molecule has 0 heterocycles. The molecular weight excluding hydrogens is 510 g/mol. The number of rotatable bonds is 20. The predicted octanol–water partition coefficient (Wildman–Crippen LogP) is 3.75. The lowest BCUT2D eigenvalue weighted by atomic mass is 9.77. The maximum atomic E-state index is 13.0. The minimum atomic E-state index is -0.863.